The van der Waals surface area contributed by atoms with Crippen LogP contribution in [0.4, 0.5) is 11.4 Å². The SMILES string of the molecule is Cc1nn(CN(C)Cc2ccc(N3CCOCC3)cc2)c(C)c1[N+](=O)[O-]. The first-order chi connectivity index (χ1) is 12.5. The van der Waals surface area contributed by atoms with E-state index in [0.717, 1.165) is 32.8 Å². The summed E-state index contributed by atoms with van der Waals surface area (Å²) in [7, 11) is 1.98. The van der Waals surface area contributed by atoms with E-state index in [-0.39, 0.29) is 10.6 Å². The van der Waals surface area contributed by atoms with Gasteiger partial charge in [-0.3, -0.25) is 15.0 Å². The summed E-state index contributed by atoms with van der Waals surface area (Å²) in [6.45, 7) is 8.07. The number of nitrogens with zero attached hydrogens (tertiary/aromatic N) is 5. The van der Waals surface area contributed by atoms with Crippen LogP contribution in [0.2, 0.25) is 0 Å². The zero-order valence-corrected chi connectivity index (χ0v) is 15.5. The van der Waals surface area contributed by atoms with E-state index >= 15 is 0 Å². The first kappa shape index (κ1) is 18.3. The number of aromatic nitrogens is 2. The van der Waals surface area contributed by atoms with Crippen molar-refractivity contribution in [2.45, 2.75) is 27.1 Å². The number of anilines is 1. The number of aryl methyl sites for hydroxylation is 1. The van der Waals surface area contributed by atoms with Crippen LogP contribution in [0.25, 0.3) is 0 Å². The zero-order chi connectivity index (χ0) is 18.7. The summed E-state index contributed by atoms with van der Waals surface area (Å²) in [6, 6.07) is 8.54. The molecule has 3 rings (SSSR count). The summed E-state index contributed by atoms with van der Waals surface area (Å²) in [5, 5.41) is 15.4. The lowest BCUT2D eigenvalue weighted by Crippen LogP contribution is -2.36. The molecule has 0 aliphatic carbocycles. The maximum absolute atomic E-state index is 11.1. The van der Waals surface area contributed by atoms with Gasteiger partial charge in [-0.15, -0.1) is 0 Å². The molecule has 140 valence electrons. The Balaban J connectivity index is 1.62. The quantitative estimate of drug-likeness (QED) is 0.582. The maximum atomic E-state index is 11.1. The van der Waals surface area contributed by atoms with Crippen LogP contribution in [0, 0.1) is 24.0 Å². The molecule has 0 spiro atoms. The van der Waals surface area contributed by atoms with Crippen molar-refractivity contribution < 1.29 is 9.66 Å². The van der Waals surface area contributed by atoms with Crippen LogP contribution >= 0.6 is 0 Å². The molecule has 1 aliphatic rings. The van der Waals surface area contributed by atoms with Gasteiger partial charge in [-0.25, -0.2) is 4.68 Å². The number of rotatable bonds is 6. The Morgan fingerprint density at radius 2 is 1.88 bits per heavy atom. The first-order valence-electron chi connectivity index (χ1n) is 8.74. The molecule has 0 N–H and O–H groups in total. The lowest BCUT2D eigenvalue weighted by molar-refractivity contribution is -0.386. The van der Waals surface area contributed by atoms with Gasteiger partial charge in [-0.05, 0) is 38.6 Å². The van der Waals surface area contributed by atoms with E-state index in [4.69, 9.17) is 4.74 Å². The van der Waals surface area contributed by atoms with Crippen LogP contribution < -0.4 is 4.90 Å². The minimum Gasteiger partial charge on any atom is -0.378 e. The molecular formula is C18H25N5O3. The minimum absolute atomic E-state index is 0.105. The van der Waals surface area contributed by atoms with Crippen LogP contribution in [0.3, 0.4) is 0 Å². The lowest BCUT2D eigenvalue weighted by atomic mass is 10.2. The molecule has 0 bridgehead atoms. The molecule has 1 saturated heterocycles. The Labute approximate surface area is 153 Å². The first-order valence-corrected chi connectivity index (χ1v) is 8.74. The van der Waals surface area contributed by atoms with E-state index in [1.165, 1.54) is 11.3 Å². The van der Waals surface area contributed by atoms with Crippen LogP contribution in [0.5, 0.6) is 0 Å². The number of benzene rings is 1. The van der Waals surface area contributed by atoms with Gasteiger partial charge in [-0.2, -0.15) is 5.10 Å². The van der Waals surface area contributed by atoms with Gasteiger partial charge in [0.2, 0.25) is 0 Å². The summed E-state index contributed by atoms with van der Waals surface area (Å²) in [5.74, 6) is 0. The Morgan fingerprint density at radius 1 is 1.23 bits per heavy atom. The summed E-state index contributed by atoms with van der Waals surface area (Å²) in [6.07, 6.45) is 0. The molecular weight excluding hydrogens is 334 g/mol. The highest BCUT2D eigenvalue weighted by Crippen LogP contribution is 2.22. The van der Waals surface area contributed by atoms with Crippen molar-refractivity contribution in [3.8, 4) is 0 Å². The minimum atomic E-state index is -0.363. The molecule has 1 aromatic carbocycles. The van der Waals surface area contributed by atoms with E-state index in [9.17, 15) is 10.1 Å². The Morgan fingerprint density at radius 3 is 2.46 bits per heavy atom. The van der Waals surface area contributed by atoms with Crippen molar-refractivity contribution in [1.29, 1.82) is 0 Å². The number of ether oxygens (including phenoxy) is 1. The van der Waals surface area contributed by atoms with E-state index < -0.39 is 0 Å². The van der Waals surface area contributed by atoms with Crippen LogP contribution in [-0.4, -0.2) is 53.0 Å². The Bertz CT molecular complexity index is 766. The van der Waals surface area contributed by atoms with Gasteiger partial charge in [-0.1, -0.05) is 12.1 Å². The lowest BCUT2D eigenvalue weighted by Gasteiger charge is -2.29. The third kappa shape index (κ3) is 4.03. The average Bonchev–Trinajstić information content (AvgIpc) is 2.89. The highest BCUT2D eigenvalue weighted by molar-refractivity contribution is 5.48. The summed E-state index contributed by atoms with van der Waals surface area (Å²) >= 11 is 0. The molecule has 1 aromatic heterocycles. The zero-order valence-electron chi connectivity index (χ0n) is 15.5. The van der Waals surface area contributed by atoms with Crippen molar-refractivity contribution in [2.75, 3.05) is 38.3 Å². The number of hydrogen-bond acceptors (Lipinski definition) is 6. The normalized spacial score (nSPS) is 14.8. The average molecular weight is 359 g/mol. The van der Waals surface area contributed by atoms with Crippen LogP contribution in [-0.2, 0) is 18.0 Å². The molecule has 0 radical (unpaired) electrons. The van der Waals surface area contributed by atoms with E-state index in [2.05, 4.69) is 39.2 Å². The molecule has 1 fully saturated rings. The molecule has 1 aliphatic heterocycles. The van der Waals surface area contributed by atoms with Gasteiger partial charge in [0.25, 0.3) is 0 Å². The third-order valence-electron chi connectivity index (χ3n) is 4.67. The largest absolute Gasteiger partial charge is 0.378 e. The predicted molar refractivity (Wildman–Crippen MR) is 99.3 cm³/mol. The third-order valence-corrected chi connectivity index (χ3v) is 4.67. The second kappa shape index (κ2) is 7.84. The van der Waals surface area contributed by atoms with Crippen molar-refractivity contribution in [2.24, 2.45) is 0 Å². The van der Waals surface area contributed by atoms with E-state index in [1.54, 1.807) is 18.5 Å². The predicted octanol–water partition coefficient (Wildman–Crippen LogP) is 2.33. The van der Waals surface area contributed by atoms with E-state index in [0.29, 0.717) is 18.1 Å². The van der Waals surface area contributed by atoms with Gasteiger partial charge in [0, 0.05) is 25.3 Å². The van der Waals surface area contributed by atoms with Crippen molar-refractivity contribution >= 4 is 11.4 Å². The van der Waals surface area contributed by atoms with Gasteiger partial charge >= 0.3 is 5.69 Å². The second-order valence-electron chi connectivity index (χ2n) is 6.70. The fourth-order valence-corrected chi connectivity index (χ4v) is 3.31. The van der Waals surface area contributed by atoms with Gasteiger partial charge in [0.15, 0.2) is 0 Å². The molecule has 0 atom stereocenters. The second-order valence-corrected chi connectivity index (χ2v) is 6.70. The van der Waals surface area contributed by atoms with Gasteiger partial charge in [0.05, 0.1) is 24.8 Å². The summed E-state index contributed by atoms with van der Waals surface area (Å²) in [4.78, 5) is 15.2. The van der Waals surface area contributed by atoms with E-state index in [1.807, 2.05) is 7.05 Å². The van der Waals surface area contributed by atoms with Crippen molar-refractivity contribution in [3.63, 3.8) is 0 Å². The summed E-state index contributed by atoms with van der Waals surface area (Å²) < 4.78 is 7.08. The topological polar surface area (TPSA) is 76.7 Å². The van der Waals surface area contributed by atoms with Crippen LogP contribution in [0.15, 0.2) is 24.3 Å². The molecule has 0 amide bonds. The van der Waals surface area contributed by atoms with Gasteiger partial charge < -0.3 is 9.64 Å². The molecule has 8 heteroatoms. The maximum Gasteiger partial charge on any atom is 0.312 e. The molecule has 8 nitrogen and oxygen atoms in total. The Hall–Kier alpha value is -2.45. The van der Waals surface area contributed by atoms with Crippen LogP contribution in [0.1, 0.15) is 17.0 Å². The highest BCUT2D eigenvalue weighted by Gasteiger charge is 2.22. The molecule has 2 heterocycles. The van der Waals surface area contributed by atoms with Crippen molar-refractivity contribution in [1.82, 2.24) is 14.7 Å². The molecule has 0 saturated carbocycles. The fraction of sp³-hybridized carbons (Fsp3) is 0.500. The monoisotopic (exact) mass is 359 g/mol. The fourth-order valence-electron chi connectivity index (χ4n) is 3.31. The standard InChI is InChI=1S/C18H25N5O3/c1-14-18(23(24)25)15(2)22(19-14)13-20(3)12-16-4-6-17(7-5-16)21-8-10-26-11-9-21/h4-7H,8-13H2,1-3H3. The highest BCUT2D eigenvalue weighted by atomic mass is 16.6. The molecule has 26 heavy (non-hydrogen) atoms. The molecule has 0 unspecified atom stereocenters. The smallest absolute Gasteiger partial charge is 0.312 e. The molecule has 2 aromatic rings. The van der Waals surface area contributed by atoms with Crippen molar-refractivity contribution in [3.05, 3.63) is 51.3 Å². The summed E-state index contributed by atoms with van der Waals surface area (Å²) in [5.41, 5.74) is 3.56. The Kier molecular flexibility index (Phi) is 5.53. The van der Waals surface area contributed by atoms with Gasteiger partial charge in [0.1, 0.15) is 11.4 Å². The number of nitro groups is 1. The number of hydrogen-bond donors (Lipinski definition) is 0. The number of morpholine rings is 1.